The van der Waals surface area contributed by atoms with E-state index in [1.807, 2.05) is 24.9 Å². The van der Waals surface area contributed by atoms with E-state index in [2.05, 4.69) is 24.8 Å². The number of nitrogens with zero attached hydrogens (tertiary/aromatic N) is 3. The zero-order chi connectivity index (χ0) is 11.1. The van der Waals surface area contributed by atoms with Gasteiger partial charge in [0.2, 0.25) is 0 Å². The molecule has 5 heteroatoms. The molecule has 0 saturated carbocycles. The molecule has 2 aromatic heterocycles. The molecule has 2 aromatic rings. The number of aromatic nitrogens is 4. The highest BCUT2D eigenvalue weighted by Crippen LogP contribution is 1.94. The molecule has 0 aliphatic heterocycles. The van der Waals surface area contributed by atoms with Gasteiger partial charge >= 0.3 is 0 Å². The summed E-state index contributed by atoms with van der Waals surface area (Å²) in [6.45, 7) is 2.88. The second-order valence-corrected chi connectivity index (χ2v) is 3.72. The molecule has 0 unspecified atom stereocenters. The average molecular weight is 219 g/mol. The Labute approximate surface area is 94.9 Å². The largest absolute Gasteiger partial charge is 0.348 e. The molecule has 16 heavy (non-hydrogen) atoms. The molecular weight excluding hydrogens is 202 g/mol. The zero-order valence-corrected chi connectivity index (χ0v) is 9.26. The summed E-state index contributed by atoms with van der Waals surface area (Å²) in [5.74, 6) is 0.995. The first kappa shape index (κ1) is 10.9. The van der Waals surface area contributed by atoms with Crippen molar-refractivity contribution >= 4 is 0 Å². The van der Waals surface area contributed by atoms with E-state index < -0.39 is 0 Å². The number of hydrogen-bond acceptors (Lipinski definition) is 3. The normalized spacial score (nSPS) is 10.8. The third-order valence-electron chi connectivity index (χ3n) is 2.43. The van der Waals surface area contributed by atoms with Gasteiger partial charge in [0, 0.05) is 31.3 Å². The summed E-state index contributed by atoms with van der Waals surface area (Å²) in [6.07, 6.45) is 11.6. The van der Waals surface area contributed by atoms with E-state index in [4.69, 9.17) is 0 Å². The lowest BCUT2D eigenvalue weighted by Gasteiger charge is -2.03. The predicted molar refractivity (Wildman–Crippen MR) is 61.8 cm³/mol. The predicted octanol–water partition coefficient (Wildman–Crippen LogP) is 1.18. The molecule has 0 aromatic carbocycles. The monoisotopic (exact) mass is 219 g/mol. The molecule has 0 fully saturated rings. The Hall–Kier alpha value is -1.62. The van der Waals surface area contributed by atoms with Crippen molar-refractivity contribution in [2.75, 3.05) is 6.54 Å². The lowest BCUT2D eigenvalue weighted by molar-refractivity contribution is 0.563. The molecule has 2 N–H and O–H groups in total. The third kappa shape index (κ3) is 3.51. The highest BCUT2D eigenvalue weighted by atomic mass is 15.0. The molecule has 0 atom stereocenters. The summed E-state index contributed by atoms with van der Waals surface area (Å²) in [6, 6.07) is 0. The number of aromatic amines is 1. The van der Waals surface area contributed by atoms with E-state index in [0.29, 0.717) is 0 Å². The van der Waals surface area contributed by atoms with Crippen LogP contribution in [0.3, 0.4) is 0 Å². The Kier molecular flexibility index (Phi) is 4.13. The fourth-order valence-corrected chi connectivity index (χ4v) is 1.56. The van der Waals surface area contributed by atoms with E-state index in [1.165, 1.54) is 12.8 Å². The van der Waals surface area contributed by atoms with Crippen LogP contribution >= 0.6 is 0 Å². The van der Waals surface area contributed by atoms with E-state index in [-0.39, 0.29) is 0 Å². The Bertz CT molecular complexity index is 327. The van der Waals surface area contributed by atoms with Crippen LogP contribution in [0.4, 0.5) is 0 Å². The SMILES string of the molecule is c1cn(CCCCNCc2ncc[nH]2)cn1. The molecule has 0 aliphatic carbocycles. The van der Waals surface area contributed by atoms with Crippen molar-refractivity contribution in [3.8, 4) is 0 Å². The number of unbranched alkanes of at least 4 members (excludes halogenated alkanes) is 1. The minimum Gasteiger partial charge on any atom is -0.348 e. The molecule has 0 amide bonds. The van der Waals surface area contributed by atoms with Gasteiger partial charge in [-0.05, 0) is 19.4 Å². The highest BCUT2D eigenvalue weighted by Gasteiger charge is 1.94. The fraction of sp³-hybridized carbons (Fsp3) is 0.455. The summed E-state index contributed by atoms with van der Waals surface area (Å²) in [4.78, 5) is 11.2. The molecule has 0 radical (unpaired) electrons. The molecule has 5 nitrogen and oxygen atoms in total. The molecule has 2 rings (SSSR count). The van der Waals surface area contributed by atoms with Crippen molar-refractivity contribution in [3.63, 3.8) is 0 Å². The van der Waals surface area contributed by atoms with Crippen LogP contribution in [0, 0.1) is 0 Å². The van der Waals surface area contributed by atoms with Gasteiger partial charge in [-0.3, -0.25) is 0 Å². The molecule has 0 saturated heterocycles. The number of rotatable bonds is 7. The second-order valence-electron chi connectivity index (χ2n) is 3.72. The average Bonchev–Trinajstić information content (AvgIpc) is 2.96. The van der Waals surface area contributed by atoms with Crippen LogP contribution < -0.4 is 5.32 Å². The van der Waals surface area contributed by atoms with Gasteiger partial charge in [0.15, 0.2) is 0 Å². The van der Waals surface area contributed by atoms with Crippen molar-refractivity contribution in [1.29, 1.82) is 0 Å². The lowest BCUT2D eigenvalue weighted by atomic mass is 10.3. The number of H-pyrrole nitrogens is 1. The summed E-state index contributed by atoms with van der Waals surface area (Å²) in [5, 5.41) is 3.35. The zero-order valence-electron chi connectivity index (χ0n) is 9.26. The molecule has 0 bridgehead atoms. The summed E-state index contributed by atoms with van der Waals surface area (Å²) in [7, 11) is 0. The first-order valence-corrected chi connectivity index (χ1v) is 5.60. The van der Waals surface area contributed by atoms with Gasteiger partial charge < -0.3 is 14.9 Å². The maximum atomic E-state index is 4.14. The van der Waals surface area contributed by atoms with Gasteiger partial charge in [0.25, 0.3) is 0 Å². The van der Waals surface area contributed by atoms with Crippen LogP contribution in [-0.2, 0) is 13.1 Å². The van der Waals surface area contributed by atoms with Gasteiger partial charge in [-0.1, -0.05) is 0 Å². The second kappa shape index (κ2) is 6.07. The van der Waals surface area contributed by atoms with Gasteiger partial charge in [0.05, 0.1) is 12.9 Å². The smallest absolute Gasteiger partial charge is 0.120 e. The third-order valence-corrected chi connectivity index (χ3v) is 2.43. The van der Waals surface area contributed by atoms with Gasteiger partial charge in [-0.2, -0.15) is 0 Å². The molecule has 0 aliphatic rings. The van der Waals surface area contributed by atoms with Crippen LogP contribution in [0.5, 0.6) is 0 Å². The number of hydrogen-bond donors (Lipinski definition) is 2. The number of imidazole rings is 2. The Balaban J connectivity index is 1.49. The van der Waals surface area contributed by atoms with Crippen LogP contribution in [-0.4, -0.2) is 26.1 Å². The Morgan fingerprint density at radius 3 is 3.06 bits per heavy atom. The van der Waals surface area contributed by atoms with E-state index in [0.717, 1.165) is 25.5 Å². The maximum Gasteiger partial charge on any atom is 0.120 e. The summed E-state index contributed by atoms with van der Waals surface area (Å²) in [5.41, 5.74) is 0. The van der Waals surface area contributed by atoms with Crippen molar-refractivity contribution in [2.24, 2.45) is 0 Å². The van der Waals surface area contributed by atoms with Crippen LogP contribution in [0.2, 0.25) is 0 Å². The fourth-order valence-electron chi connectivity index (χ4n) is 1.56. The first-order valence-electron chi connectivity index (χ1n) is 5.60. The molecule has 0 spiro atoms. The van der Waals surface area contributed by atoms with Crippen molar-refractivity contribution in [2.45, 2.75) is 25.9 Å². The van der Waals surface area contributed by atoms with Crippen molar-refractivity contribution in [3.05, 3.63) is 36.9 Å². The molecule has 86 valence electrons. The minimum atomic E-state index is 0.818. The Morgan fingerprint density at radius 1 is 1.31 bits per heavy atom. The molecule has 2 heterocycles. The van der Waals surface area contributed by atoms with Crippen molar-refractivity contribution in [1.82, 2.24) is 24.8 Å². The Morgan fingerprint density at radius 2 is 2.31 bits per heavy atom. The van der Waals surface area contributed by atoms with Gasteiger partial charge in [0.1, 0.15) is 5.82 Å². The van der Waals surface area contributed by atoms with E-state index in [1.54, 1.807) is 6.20 Å². The maximum absolute atomic E-state index is 4.14. The van der Waals surface area contributed by atoms with E-state index in [9.17, 15) is 0 Å². The standard InChI is InChI=1S/C11H17N5/c1(2-7-16-8-6-13-10-16)3-12-9-11-14-4-5-15-11/h4-6,8,10,12H,1-3,7,9H2,(H,14,15). The van der Waals surface area contributed by atoms with Crippen LogP contribution in [0.15, 0.2) is 31.1 Å². The van der Waals surface area contributed by atoms with Crippen molar-refractivity contribution < 1.29 is 0 Å². The number of aryl methyl sites for hydroxylation is 1. The summed E-state index contributed by atoms with van der Waals surface area (Å²) >= 11 is 0. The van der Waals surface area contributed by atoms with Gasteiger partial charge in [-0.15, -0.1) is 0 Å². The quantitative estimate of drug-likeness (QED) is 0.687. The van der Waals surface area contributed by atoms with Gasteiger partial charge in [-0.25, -0.2) is 9.97 Å². The van der Waals surface area contributed by atoms with Crippen LogP contribution in [0.25, 0.3) is 0 Å². The number of nitrogens with one attached hydrogen (secondary N) is 2. The highest BCUT2D eigenvalue weighted by molar-refractivity contribution is 4.85. The van der Waals surface area contributed by atoms with Crippen LogP contribution in [0.1, 0.15) is 18.7 Å². The van der Waals surface area contributed by atoms with E-state index >= 15 is 0 Å². The minimum absolute atomic E-state index is 0.818. The first-order chi connectivity index (χ1) is 7.95. The molecular formula is C11H17N5. The summed E-state index contributed by atoms with van der Waals surface area (Å²) < 4.78 is 2.10. The lowest BCUT2D eigenvalue weighted by Crippen LogP contribution is -2.16. The topological polar surface area (TPSA) is 58.5 Å².